The molecule has 1 amide bonds. The number of hydrogen-bond donors (Lipinski definition) is 2. The van der Waals surface area contributed by atoms with E-state index in [0.29, 0.717) is 42.4 Å². The van der Waals surface area contributed by atoms with Crippen LogP contribution < -0.4 is 16.4 Å². The predicted octanol–water partition coefficient (Wildman–Crippen LogP) is 3.06. The normalized spacial score (nSPS) is 15.5. The maximum Gasteiger partial charge on any atom is 0.278 e. The average molecular weight is 371 g/mol. The Morgan fingerprint density at radius 2 is 2.11 bits per heavy atom. The molecular weight excluding hydrogens is 349 g/mol. The molecule has 0 saturated heterocycles. The van der Waals surface area contributed by atoms with Crippen LogP contribution in [0.2, 0.25) is 0 Å². The summed E-state index contributed by atoms with van der Waals surface area (Å²) in [6, 6.07) is 6.12. The van der Waals surface area contributed by atoms with E-state index in [1.165, 1.54) is 12.1 Å². The smallest absolute Gasteiger partial charge is 0.278 e. The van der Waals surface area contributed by atoms with Crippen LogP contribution in [0.1, 0.15) is 40.9 Å². The number of aryl methyl sites for hydroxylation is 1. The first-order valence-corrected chi connectivity index (χ1v) is 9.25. The maximum absolute atomic E-state index is 14.3. The van der Waals surface area contributed by atoms with Gasteiger partial charge in [-0.2, -0.15) is 0 Å². The molecule has 0 spiro atoms. The van der Waals surface area contributed by atoms with E-state index in [4.69, 9.17) is 4.84 Å². The van der Waals surface area contributed by atoms with Gasteiger partial charge in [0, 0.05) is 18.3 Å². The Hall–Kier alpha value is -2.67. The molecule has 7 heteroatoms. The molecule has 1 aromatic carbocycles. The van der Waals surface area contributed by atoms with Crippen molar-refractivity contribution in [1.82, 2.24) is 10.0 Å². The third kappa shape index (κ3) is 3.73. The molecule has 2 N–H and O–H groups in total. The second-order valence-electron chi connectivity index (χ2n) is 7.27. The fraction of sp³-hybridized carbons (Fsp3) is 0.400. The molecule has 0 unspecified atom stereocenters. The minimum atomic E-state index is -0.438. The van der Waals surface area contributed by atoms with Gasteiger partial charge in [-0.15, -0.1) is 0 Å². The Bertz CT molecular complexity index is 950. The fourth-order valence-corrected chi connectivity index (χ4v) is 3.39. The van der Waals surface area contributed by atoms with Gasteiger partial charge in [0.1, 0.15) is 5.82 Å². The topological polar surface area (TPSA) is 72.4 Å². The summed E-state index contributed by atoms with van der Waals surface area (Å²) in [5.74, 6) is -0.350. The third-order valence-corrected chi connectivity index (χ3v) is 5.01. The zero-order chi connectivity index (χ0) is 19.0. The highest BCUT2D eigenvalue weighted by Crippen LogP contribution is 2.29. The molecule has 1 saturated carbocycles. The highest BCUT2D eigenvalue weighted by molar-refractivity contribution is 6.01. The average Bonchev–Trinajstić information content (AvgIpc) is 3.31. The van der Waals surface area contributed by atoms with E-state index in [2.05, 4.69) is 10.8 Å². The Morgan fingerprint density at radius 3 is 2.85 bits per heavy atom. The van der Waals surface area contributed by atoms with Crippen LogP contribution in [0.3, 0.4) is 0 Å². The van der Waals surface area contributed by atoms with Crippen LogP contribution in [0, 0.1) is 18.7 Å². The van der Waals surface area contributed by atoms with Crippen molar-refractivity contribution in [2.45, 2.75) is 39.2 Å². The van der Waals surface area contributed by atoms with Crippen molar-refractivity contribution in [3.63, 3.8) is 0 Å². The number of amides is 1. The molecular formula is C20H22FN3O3. The number of benzene rings is 1. The number of nitrogens with one attached hydrogen (secondary N) is 2. The summed E-state index contributed by atoms with van der Waals surface area (Å²) in [6.45, 7) is 2.86. The van der Waals surface area contributed by atoms with Gasteiger partial charge < -0.3 is 9.88 Å². The number of pyridine rings is 1. The number of aromatic nitrogens is 1. The summed E-state index contributed by atoms with van der Waals surface area (Å²) in [4.78, 5) is 30.5. The van der Waals surface area contributed by atoms with E-state index in [1.807, 2.05) is 0 Å². The largest absolute Gasteiger partial charge is 0.352 e. The standard InChI is InChI=1S/C20H22FN3O3/c1-12-4-7-15(14(21)9-12)22-16-10-18(25)24-8-2-3-17(24)19(16)20(26)23-27-11-13-5-6-13/h4,7,9-10,13,22H,2-3,5-6,8,11H2,1H3,(H,23,26). The van der Waals surface area contributed by atoms with Gasteiger partial charge in [0.2, 0.25) is 0 Å². The van der Waals surface area contributed by atoms with Crippen molar-refractivity contribution in [3.05, 3.63) is 57.3 Å². The molecule has 0 radical (unpaired) electrons. The van der Waals surface area contributed by atoms with E-state index in [9.17, 15) is 14.0 Å². The van der Waals surface area contributed by atoms with Crippen molar-refractivity contribution < 1.29 is 14.0 Å². The van der Waals surface area contributed by atoms with Crippen molar-refractivity contribution in [2.24, 2.45) is 5.92 Å². The van der Waals surface area contributed by atoms with Crippen LogP contribution in [-0.4, -0.2) is 17.1 Å². The number of nitrogens with zero attached hydrogens (tertiary/aromatic N) is 1. The van der Waals surface area contributed by atoms with Crippen LogP contribution in [0.5, 0.6) is 0 Å². The highest BCUT2D eigenvalue weighted by atomic mass is 19.1. The van der Waals surface area contributed by atoms with Gasteiger partial charge in [0.15, 0.2) is 0 Å². The Kier molecular flexibility index (Phi) is 4.70. The number of anilines is 2. The molecule has 1 aliphatic carbocycles. The van der Waals surface area contributed by atoms with Gasteiger partial charge in [-0.3, -0.25) is 14.4 Å². The summed E-state index contributed by atoms with van der Waals surface area (Å²) in [6.07, 6.45) is 3.64. The number of hydrogen-bond acceptors (Lipinski definition) is 4. The van der Waals surface area contributed by atoms with Crippen molar-refractivity contribution in [3.8, 4) is 0 Å². The van der Waals surface area contributed by atoms with Gasteiger partial charge in [0.05, 0.1) is 23.5 Å². The zero-order valence-corrected chi connectivity index (χ0v) is 15.2. The lowest BCUT2D eigenvalue weighted by molar-refractivity contribution is 0.0269. The van der Waals surface area contributed by atoms with Crippen molar-refractivity contribution >= 4 is 17.3 Å². The van der Waals surface area contributed by atoms with Gasteiger partial charge in [-0.05, 0) is 56.2 Å². The van der Waals surface area contributed by atoms with Gasteiger partial charge in [-0.25, -0.2) is 9.87 Å². The Labute approximate surface area is 156 Å². The molecule has 27 heavy (non-hydrogen) atoms. The molecule has 1 aliphatic heterocycles. The summed E-state index contributed by atoms with van der Waals surface area (Å²) in [5.41, 5.74) is 4.58. The van der Waals surface area contributed by atoms with Crippen LogP contribution in [0.4, 0.5) is 15.8 Å². The lowest BCUT2D eigenvalue weighted by atomic mass is 10.1. The minimum Gasteiger partial charge on any atom is -0.352 e. The summed E-state index contributed by atoms with van der Waals surface area (Å²) >= 11 is 0. The number of hydroxylamine groups is 1. The SMILES string of the molecule is Cc1ccc(Nc2cc(=O)n3c(c2C(=O)NOCC2CC2)CCC3)c(F)c1. The fourth-order valence-electron chi connectivity index (χ4n) is 3.39. The third-order valence-electron chi connectivity index (χ3n) is 5.01. The first-order valence-electron chi connectivity index (χ1n) is 9.25. The van der Waals surface area contributed by atoms with E-state index < -0.39 is 11.7 Å². The molecule has 0 bridgehead atoms. The first-order chi connectivity index (χ1) is 13.0. The molecule has 1 aromatic heterocycles. The first kappa shape index (κ1) is 17.7. The van der Waals surface area contributed by atoms with Crippen LogP contribution in [0.25, 0.3) is 0 Å². The number of rotatable bonds is 6. The molecule has 0 atom stereocenters. The number of carbonyl (C=O) groups excluding carboxylic acids is 1. The van der Waals surface area contributed by atoms with Crippen LogP contribution >= 0.6 is 0 Å². The monoisotopic (exact) mass is 371 g/mol. The summed E-state index contributed by atoms with van der Waals surface area (Å²) in [5, 5.41) is 2.93. The Balaban J connectivity index is 1.67. The lowest BCUT2D eigenvalue weighted by Gasteiger charge is -2.17. The molecule has 142 valence electrons. The molecule has 1 fully saturated rings. The zero-order valence-electron chi connectivity index (χ0n) is 15.2. The molecule has 6 nitrogen and oxygen atoms in total. The van der Waals surface area contributed by atoms with Crippen molar-refractivity contribution in [2.75, 3.05) is 11.9 Å². The lowest BCUT2D eigenvalue weighted by Crippen LogP contribution is -2.30. The predicted molar refractivity (Wildman–Crippen MR) is 99.6 cm³/mol. The number of halogens is 1. The second-order valence-corrected chi connectivity index (χ2v) is 7.27. The summed E-state index contributed by atoms with van der Waals surface area (Å²) in [7, 11) is 0. The molecule has 2 aliphatic rings. The number of carbonyl (C=O) groups is 1. The van der Waals surface area contributed by atoms with E-state index in [0.717, 1.165) is 24.8 Å². The van der Waals surface area contributed by atoms with Crippen LogP contribution in [-0.2, 0) is 17.8 Å². The van der Waals surface area contributed by atoms with Crippen molar-refractivity contribution in [1.29, 1.82) is 0 Å². The van der Waals surface area contributed by atoms with E-state index >= 15 is 0 Å². The molecule has 2 heterocycles. The Morgan fingerprint density at radius 1 is 1.30 bits per heavy atom. The molecule has 4 rings (SSSR count). The summed E-state index contributed by atoms with van der Waals surface area (Å²) < 4.78 is 15.9. The highest BCUT2D eigenvalue weighted by Gasteiger charge is 2.26. The van der Waals surface area contributed by atoms with Gasteiger partial charge >= 0.3 is 0 Å². The molecule has 2 aromatic rings. The second kappa shape index (κ2) is 7.15. The van der Waals surface area contributed by atoms with Crippen LogP contribution in [0.15, 0.2) is 29.1 Å². The maximum atomic E-state index is 14.3. The minimum absolute atomic E-state index is 0.201. The number of fused-ring (bicyclic) bond motifs is 1. The van der Waals surface area contributed by atoms with E-state index in [1.54, 1.807) is 23.6 Å². The van der Waals surface area contributed by atoms with Gasteiger partial charge in [0.25, 0.3) is 11.5 Å². The quantitative estimate of drug-likeness (QED) is 0.766. The van der Waals surface area contributed by atoms with Gasteiger partial charge in [-0.1, -0.05) is 6.07 Å². The van der Waals surface area contributed by atoms with E-state index in [-0.39, 0.29) is 11.2 Å².